The summed E-state index contributed by atoms with van der Waals surface area (Å²) in [6.07, 6.45) is 8.72. The average molecular weight is 421 g/mol. The number of carbonyl (C=O) groups is 1. The SMILES string of the molecule is Cc1ccc(NC(=O)N2[C@H]3C[C@H](C)C[C@]2(Cn2ccnn2)C3)cc1-c1ncc(F)cn1. The van der Waals surface area contributed by atoms with Gasteiger partial charge in [-0.2, -0.15) is 0 Å². The Morgan fingerprint density at radius 1 is 1.29 bits per heavy atom. The number of urea groups is 1. The molecule has 0 saturated carbocycles. The lowest BCUT2D eigenvalue weighted by Gasteiger charge is -2.63. The molecule has 5 rings (SSSR count). The number of carbonyl (C=O) groups excluding carboxylic acids is 1. The molecule has 2 fully saturated rings. The van der Waals surface area contributed by atoms with Crippen LogP contribution in [0.3, 0.4) is 0 Å². The van der Waals surface area contributed by atoms with Crippen LogP contribution in [-0.4, -0.2) is 47.5 Å². The standard InChI is InChI=1S/C22H24FN7O/c1-14-7-18-10-22(9-14,13-29-6-5-26-28-29)30(18)21(31)27-17-4-3-15(2)19(8-17)20-24-11-16(23)12-25-20/h3-6,8,11-12,14,18H,7,9-10,13H2,1-2H3,(H,27,31)/t14-,18-,22+/m0/s1. The highest BCUT2D eigenvalue weighted by molar-refractivity contribution is 5.91. The van der Waals surface area contributed by atoms with Crippen LogP contribution in [0.1, 0.15) is 31.7 Å². The lowest BCUT2D eigenvalue weighted by Crippen LogP contribution is -2.73. The number of piperidine rings is 1. The molecule has 0 radical (unpaired) electrons. The predicted octanol–water partition coefficient (Wildman–Crippen LogP) is 3.66. The Morgan fingerprint density at radius 2 is 2.10 bits per heavy atom. The van der Waals surface area contributed by atoms with Gasteiger partial charge in [-0.05, 0) is 49.8 Å². The largest absolute Gasteiger partial charge is 0.322 e. The van der Waals surface area contributed by atoms with Crippen molar-refractivity contribution in [2.45, 2.75) is 51.2 Å². The Morgan fingerprint density at radius 3 is 2.84 bits per heavy atom. The monoisotopic (exact) mass is 421 g/mol. The molecular weight excluding hydrogens is 397 g/mol. The van der Waals surface area contributed by atoms with E-state index < -0.39 is 5.82 Å². The summed E-state index contributed by atoms with van der Waals surface area (Å²) in [6, 6.07) is 5.73. The topological polar surface area (TPSA) is 88.8 Å². The van der Waals surface area contributed by atoms with Gasteiger partial charge in [0.25, 0.3) is 0 Å². The minimum absolute atomic E-state index is 0.113. The van der Waals surface area contributed by atoms with E-state index in [4.69, 9.17) is 0 Å². The van der Waals surface area contributed by atoms with E-state index in [0.717, 1.165) is 42.8 Å². The van der Waals surface area contributed by atoms with E-state index >= 15 is 0 Å². The van der Waals surface area contributed by atoms with Gasteiger partial charge in [-0.3, -0.25) is 4.68 Å². The first-order valence-electron chi connectivity index (χ1n) is 10.5. The Kier molecular flexibility index (Phi) is 4.68. The number of aryl methyl sites for hydroxylation is 1. The van der Waals surface area contributed by atoms with Crippen LogP contribution in [0.25, 0.3) is 11.4 Å². The van der Waals surface area contributed by atoms with Crippen LogP contribution in [0.2, 0.25) is 0 Å². The second-order valence-electron chi connectivity index (χ2n) is 8.78. The van der Waals surface area contributed by atoms with E-state index in [1.54, 1.807) is 6.20 Å². The third kappa shape index (κ3) is 3.54. The molecule has 4 heterocycles. The zero-order valence-corrected chi connectivity index (χ0v) is 17.5. The van der Waals surface area contributed by atoms with Crippen LogP contribution in [0.4, 0.5) is 14.9 Å². The lowest BCUT2D eigenvalue weighted by molar-refractivity contribution is -0.100. The highest BCUT2D eigenvalue weighted by Crippen LogP contribution is 2.50. The maximum Gasteiger partial charge on any atom is 0.322 e. The maximum atomic E-state index is 13.3. The highest BCUT2D eigenvalue weighted by Gasteiger charge is 2.58. The van der Waals surface area contributed by atoms with Gasteiger partial charge in [-0.25, -0.2) is 19.2 Å². The molecule has 3 aromatic rings. The van der Waals surface area contributed by atoms with Crippen molar-refractivity contribution >= 4 is 11.7 Å². The summed E-state index contributed by atoms with van der Waals surface area (Å²) in [5, 5.41) is 11.1. The van der Waals surface area contributed by atoms with Crippen molar-refractivity contribution in [3.8, 4) is 11.4 Å². The second kappa shape index (κ2) is 7.40. The molecule has 2 bridgehead atoms. The fraction of sp³-hybridized carbons (Fsp3) is 0.409. The molecule has 0 spiro atoms. The summed E-state index contributed by atoms with van der Waals surface area (Å²) in [5.41, 5.74) is 2.12. The molecule has 0 unspecified atom stereocenters. The van der Waals surface area contributed by atoms with Crippen LogP contribution < -0.4 is 5.32 Å². The first-order valence-corrected chi connectivity index (χ1v) is 10.5. The molecule has 2 saturated heterocycles. The Bertz CT molecular complexity index is 1100. The van der Waals surface area contributed by atoms with Gasteiger partial charge in [0, 0.05) is 23.5 Å². The molecule has 0 aliphatic carbocycles. The number of fused-ring (bicyclic) bond motifs is 2. The minimum atomic E-state index is -0.484. The quantitative estimate of drug-likeness (QED) is 0.695. The number of rotatable bonds is 4. The minimum Gasteiger partial charge on any atom is -0.314 e. The van der Waals surface area contributed by atoms with E-state index in [-0.39, 0.29) is 17.6 Å². The van der Waals surface area contributed by atoms with Crippen molar-refractivity contribution < 1.29 is 9.18 Å². The van der Waals surface area contributed by atoms with Gasteiger partial charge in [0.05, 0.1) is 30.7 Å². The third-order valence-electron chi connectivity index (χ3n) is 6.39. The van der Waals surface area contributed by atoms with Crippen LogP contribution in [0.15, 0.2) is 43.0 Å². The Hall–Kier alpha value is -3.36. The molecule has 8 nitrogen and oxygen atoms in total. The number of hydrogen-bond acceptors (Lipinski definition) is 5. The molecule has 1 N–H and O–H groups in total. The molecule has 2 amide bonds. The van der Waals surface area contributed by atoms with Crippen molar-refractivity contribution in [3.05, 3.63) is 54.4 Å². The van der Waals surface area contributed by atoms with Gasteiger partial charge >= 0.3 is 6.03 Å². The van der Waals surface area contributed by atoms with Gasteiger partial charge in [-0.1, -0.05) is 18.2 Å². The van der Waals surface area contributed by atoms with Crippen molar-refractivity contribution in [2.24, 2.45) is 5.92 Å². The summed E-state index contributed by atoms with van der Waals surface area (Å²) in [7, 11) is 0. The zero-order valence-electron chi connectivity index (χ0n) is 17.5. The van der Waals surface area contributed by atoms with E-state index in [1.165, 1.54) is 0 Å². The third-order valence-corrected chi connectivity index (χ3v) is 6.39. The van der Waals surface area contributed by atoms with Crippen LogP contribution >= 0.6 is 0 Å². The summed E-state index contributed by atoms with van der Waals surface area (Å²) >= 11 is 0. The molecule has 160 valence electrons. The summed E-state index contributed by atoms with van der Waals surface area (Å²) in [6.45, 7) is 4.82. The van der Waals surface area contributed by atoms with E-state index in [2.05, 4.69) is 32.5 Å². The van der Waals surface area contributed by atoms with Crippen LogP contribution in [-0.2, 0) is 6.54 Å². The van der Waals surface area contributed by atoms with Crippen molar-refractivity contribution in [1.29, 1.82) is 0 Å². The number of aromatic nitrogens is 5. The predicted molar refractivity (Wildman–Crippen MR) is 113 cm³/mol. The Labute approximate surface area is 179 Å². The fourth-order valence-electron chi connectivity index (χ4n) is 5.25. The van der Waals surface area contributed by atoms with Crippen LogP contribution in [0, 0.1) is 18.7 Å². The first kappa shape index (κ1) is 19.6. The molecule has 2 aromatic heterocycles. The number of nitrogens with one attached hydrogen (secondary N) is 1. The molecule has 2 aliphatic rings. The number of halogens is 1. The molecule has 31 heavy (non-hydrogen) atoms. The summed E-state index contributed by atoms with van der Waals surface area (Å²) < 4.78 is 15.0. The van der Waals surface area contributed by atoms with E-state index in [0.29, 0.717) is 24.0 Å². The summed E-state index contributed by atoms with van der Waals surface area (Å²) in [5.74, 6) is 0.502. The maximum absolute atomic E-state index is 13.3. The first-order chi connectivity index (χ1) is 14.9. The number of nitrogens with zero attached hydrogens (tertiary/aromatic N) is 6. The van der Waals surface area contributed by atoms with Gasteiger partial charge < -0.3 is 10.2 Å². The normalized spacial score (nSPS) is 24.5. The van der Waals surface area contributed by atoms with Crippen molar-refractivity contribution in [2.75, 3.05) is 5.32 Å². The number of hydrogen-bond donors (Lipinski definition) is 1. The second-order valence-corrected chi connectivity index (χ2v) is 8.78. The fourth-order valence-corrected chi connectivity index (χ4v) is 5.25. The van der Waals surface area contributed by atoms with E-state index in [1.807, 2.05) is 40.9 Å². The highest BCUT2D eigenvalue weighted by atomic mass is 19.1. The van der Waals surface area contributed by atoms with Crippen molar-refractivity contribution in [1.82, 2.24) is 29.9 Å². The smallest absolute Gasteiger partial charge is 0.314 e. The molecule has 2 aliphatic heterocycles. The van der Waals surface area contributed by atoms with Gasteiger partial charge in [0.1, 0.15) is 0 Å². The van der Waals surface area contributed by atoms with Crippen molar-refractivity contribution in [3.63, 3.8) is 0 Å². The zero-order chi connectivity index (χ0) is 21.6. The molecule has 1 aromatic carbocycles. The van der Waals surface area contributed by atoms with E-state index in [9.17, 15) is 9.18 Å². The van der Waals surface area contributed by atoms with Gasteiger partial charge in [0.15, 0.2) is 11.6 Å². The Balaban J connectivity index is 1.38. The van der Waals surface area contributed by atoms with Gasteiger partial charge in [-0.15, -0.1) is 5.10 Å². The number of amides is 2. The molecular formula is C22H24FN7O. The molecule has 9 heteroatoms. The number of benzene rings is 1. The average Bonchev–Trinajstić information content (AvgIpc) is 3.22. The lowest BCUT2D eigenvalue weighted by atomic mass is 9.64. The van der Waals surface area contributed by atoms with Crippen LogP contribution in [0.5, 0.6) is 0 Å². The summed E-state index contributed by atoms with van der Waals surface area (Å²) in [4.78, 5) is 23.5. The molecule has 3 atom stereocenters. The number of anilines is 1. The van der Waals surface area contributed by atoms with Gasteiger partial charge in [0.2, 0.25) is 0 Å².